The standard InChI is InChI=1S/C20H13N3O3S2/c24-19(22-20-21-16-6-2-4-8-18(16)28-20)15-5-1-3-7-17(15)27-14-11-9-13(10-12-14)23(25)26/h1-12H,(H,21,22,24). The molecule has 0 atom stereocenters. The van der Waals surface area contributed by atoms with E-state index in [2.05, 4.69) is 10.3 Å². The third-order valence-corrected chi connectivity index (χ3v) is 5.96. The van der Waals surface area contributed by atoms with Gasteiger partial charge in [-0.15, -0.1) is 0 Å². The van der Waals surface area contributed by atoms with Crippen LogP contribution in [0.4, 0.5) is 10.8 Å². The Morgan fingerprint density at radius 3 is 2.46 bits per heavy atom. The summed E-state index contributed by atoms with van der Waals surface area (Å²) in [4.78, 5) is 29.2. The maximum Gasteiger partial charge on any atom is 0.269 e. The number of nitrogens with zero attached hydrogens (tertiary/aromatic N) is 2. The van der Waals surface area contributed by atoms with Gasteiger partial charge < -0.3 is 0 Å². The summed E-state index contributed by atoms with van der Waals surface area (Å²) in [6, 6.07) is 21.2. The van der Waals surface area contributed by atoms with E-state index in [0.29, 0.717) is 10.7 Å². The van der Waals surface area contributed by atoms with Crippen molar-refractivity contribution in [3.63, 3.8) is 0 Å². The summed E-state index contributed by atoms with van der Waals surface area (Å²) in [6.45, 7) is 0. The molecule has 1 N–H and O–H groups in total. The van der Waals surface area contributed by atoms with Crippen molar-refractivity contribution in [3.05, 3.63) is 88.5 Å². The van der Waals surface area contributed by atoms with Crippen molar-refractivity contribution in [1.82, 2.24) is 4.98 Å². The highest BCUT2D eigenvalue weighted by Crippen LogP contribution is 2.32. The number of hydrogen-bond acceptors (Lipinski definition) is 6. The Bertz CT molecular complexity index is 1140. The smallest absolute Gasteiger partial charge is 0.269 e. The Hall–Kier alpha value is -3.23. The number of aromatic nitrogens is 1. The molecule has 138 valence electrons. The average Bonchev–Trinajstić information content (AvgIpc) is 3.11. The monoisotopic (exact) mass is 407 g/mol. The SMILES string of the molecule is O=C(Nc1nc2ccccc2s1)c1ccccc1Sc1ccc([N+](=O)[O-])cc1. The van der Waals surface area contributed by atoms with E-state index >= 15 is 0 Å². The number of hydrogen-bond donors (Lipinski definition) is 1. The molecule has 0 aliphatic rings. The lowest BCUT2D eigenvalue weighted by molar-refractivity contribution is -0.384. The van der Waals surface area contributed by atoms with E-state index in [-0.39, 0.29) is 11.6 Å². The van der Waals surface area contributed by atoms with Crippen LogP contribution in [0, 0.1) is 10.1 Å². The minimum Gasteiger partial charge on any atom is -0.298 e. The first-order chi connectivity index (χ1) is 13.6. The van der Waals surface area contributed by atoms with E-state index in [0.717, 1.165) is 20.0 Å². The molecule has 1 aromatic heterocycles. The molecule has 3 aromatic carbocycles. The van der Waals surface area contributed by atoms with E-state index < -0.39 is 4.92 Å². The van der Waals surface area contributed by atoms with Gasteiger partial charge >= 0.3 is 0 Å². The quantitative estimate of drug-likeness (QED) is 0.343. The summed E-state index contributed by atoms with van der Waals surface area (Å²) in [5.41, 5.74) is 1.40. The fraction of sp³-hybridized carbons (Fsp3) is 0. The van der Waals surface area contributed by atoms with Crippen LogP contribution in [0.25, 0.3) is 10.2 Å². The molecule has 0 fully saturated rings. The Morgan fingerprint density at radius 2 is 1.71 bits per heavy atom. The van der Waals surface area contributed by atoms with Crippen molar-refractivity contribution >= 4 is 50.0 Å². The maximum absolute atomic E-state index is 12.8. The number of anilines is 1. The third kappa shape index (κ3) is 3.88. The van der Waals surface area contributed by atoms with Crippen molar-refractivity contribution < 1.29 is 9.72 Å². The molecule has 1 heterocycles. The predicted molar refractivity (Wildman–Crippen MR) is 111 cm³/mol. The van der Waals surface area contributed by atoms with Crippen LogP contribution >= 0.6 is 23.1 Å². The van der Waals surface area contributed by atoms with Crippen LogP contribution in [0.1, 0.15) is 10.4 Å². The molecule has 0 radical (unpaired) electrons. The number of para-hydroxylation sites is 1. The summed E-state index contributed by atoms with van der Waals surface area (Å²) < 4.78 is 1.01. The molecule has 0 saturated carbocycles. The number of benzene rings is 3. The molecule has 0 aliphatic carbocycles. The van der Waals surface area contributed by atoms with E-state index in [9.17, 15) is 14.9 Å². The molecule has 0 unspecified atom stereocenters. The minimum absolute atomic E-state index is 0.0335. The molecule has 6 nitrogen and oxygen atoms in total. The minimum atomic E-state index is -0.437. The summed E-state index contributed by atoms with van der Waals surface area (Å²) in [5, 5.41) is 14.2. The Kier molecular flexibility index (Phi) is 5.05. The zero-order valence-electron chi connectivity index (χ0n) is 14.4. The maximum atomic E-state index is 12.8. The zero-order valence-corrected chi connectivity index (χ0v) is 16.0. The first-order valence-electron chi connectivity index (χ1n) is 8.28. The highest BCUT2D eigenvalue weighted by atomic mass is 32.2. The molecular weight excluding hydrogens is 394 g/mol. The molecule has 0 spiro atoms. The third-order valence-electron chi connectivity index (χ3n) is 3.92. The molecule has 28 heavy (non-hydrogen) atoms. The van der Waals surface area contributed by atoms with Gasteiger partial charge in [0.05, 0.1) is 20.7 Å². The average molecular weight is 407 g/mol. The normalized spacial score (nSPS) is 10.7. The van der Waals surface area contributed by atoms with Crippen LogP contribution in [0.15, 0.2) is 82.6 Å². The Labute approximate surface area is 168 Å². The first kappa shape index (κ1) is 18.1. The molecule has 1 amide bonds. The zero-order chi connectivity index (χ0) is 19.5. The largest absolute Gasteiger partial charge is 0.298 e. The van der Waals surface area contributed by atoms with Crippen molar-refractivity contribution in [2.45, 2.75) is 9.79 Å². The van der Waals surface area contributed by atoms with Crippen LogP contribution in [0.3, 0.4) is 0 Å². The van der Waals surface area contributed by atoms with Crippen molar-refractivity contribution in [3.8, 4) is 0 Å². The van der Waals surface area contributed by atoms with Gasteiger partial charge in [-0.1, -0.05) is 47.4 Å². The molecule has 0 saturated heterocycles. The number of amides is 1. The highest BCUT2D eigenvalue weighted by Gasteiger charge is 2.15. The van der Waals surface area contributed by atoms with Crippen LogP contribution < -0.4 is 5.32 Å². The second-order valence-electron chi connectivity index (χ2n) is 5.79. The number of rotatable bonds is 5. The van der Waals surface area contributed by atoms with Crippen molar-refractivity contribution in [2.75, 3.05) is 5.32 Å². The van der Waals surface area contributed by atoms with Gasteiger partial charge in [-0.25, -0.2) is 4.98 Å². The van der Waals surface area contributed by atoms with Gasteiger partial charge in [0.25, 0.3) is 11.6 Å². The van der Waals surface area contributed by atoms with E-state index in [4.69, 9.17) is 0 Å². The molecule has 4 aromatic rings. The summed E-state index contributed by atoms with van der Waals surface area (Å²) in [7, 11) is 0. The number of nitro groups is 1. The fourth-order valence-electron chi connectivity index (χ4n) is 2.60. The molecule has 0 aliphatic heterocycles. The number of thiazole rings is 1. The number of nitrogens with one attached hydrogen (secondary N) is 1. The Morgan fingerprint density at radius 1 is 1.00 bits per heavy atom. The molecule has 4 rings (SSSR count). The number of carbonyl (C=O) groups excluding carboxylic acids is 1. The Balaban J connectivity index is 1.56. The molecule has 8 heteroatoms. The van der Waals surface area contributed by atoms with E-state index in [1.54, 1.807) is 24.3 Å². The molecular formula is C20H13N3O3S2. The van der Waals surface area contributed by atoms with Crippen molar-refractivity contribution in [1.29, 1.82) is 0 Å². The van der Waals surface area contributed by atoms with Crippen LogP contribution in [-0.4, -0.2) is 15.8 Å². The van der Waals surface area contributed by atoms with Gasteiger partial charge in [-0.2, -0.15) is 0 Å². The summed E-state index contributed by atoms with van der Waals surface area (Å²) in [6.07, 6.45) is 0. The van der Waals surface area contributed by atoms with Crippen LogP contribution in [0.5, 0.6) is 0 Å². The predicted octanol–water partition coefficient (Wildman–Crippen LogP) is 5.61. The van der Waals surface area contributed by atoms with Gasteiger partial charge in [0.15, 0.2) is 5.13 Å². The molecule has 0 bridgehead atoms. The van der Waals surface area contributed by atoms with Gasteiger partial charge in [0.2, 0.25) is 0 Å². The van der Waals surface area contributed by atoms with Crippen molar-refractivity contribution in [2.24, 2.45) is 0 Å². The van der Waals surface area contributed by atoms with Gasteiger partial charge in [-0.3, -0.25) is 20.2 Å². The van der Waals surface area contributed by atoms with Gasteiger partial charge in [0.1, 0.15) is 0 Å². The second-order valence-corrected chi connectivity index (χ2v) is 7.94. The van der Waals surface area contributed by atoms with E-state index in [1.165, 1.54) is 35.2 Å². The lowest BCUT2D eigenvalue weighted by Gasteiger charge is -2.08. The van der Waals surface area contributed by atoms with Gasteiger partial charge in [-0.05, 0) is 36.4 Å². The lowest BCUT2D eigenvalue weighted by atomic mass is 10.2. The topological polar surface area (TPSA) is 85.1 Å². The fourth-order valence-corrected chi connectivity index (χ4v) is 4.40. The lowest BCUT2D eigenvalue weighted by Crippen LogP contribution is -2.12. The number of non-ortho nitro benzene ring substituents is 1. The number of fused-ring (bicyclic) bond motifs is 1. The van der Waals surface area contributed by atoms with E-state index in [1.807, 2.05) is 36.4 Å². The highest BCUT2D eigenvalue weighted by molar-refractivity contribution is 7.99. The van der Waals surface area contributed by atoms with Gasteiger partial charge in [0, 0.05) is 21.9 Å². The van der Waals surface area contributed by atoms with Crippen LogP contribution in [0.2, 0.25) is 0 Å². The summed E-state index contributed by atoms with van der Waals surface area (Å²) >= 11 is 2.80. The number of carbonyl (C=O) groups is 1. The second kappa shape index (κ2) is 7.79. The van der Waals surface area contributed by atoms with Crippen LogP contribution in [-0.2, 0) is 0 Å². The number of nitro benzene ring substituents is 1. The first-order valence-corrected chi connectivity index (χ1v) is 9.92. The summed E-state index contributed by atoms with van der Waals surface area (Å²) in [5.74, 6) is -0.246.